The quantitative estimate of drug-likeness (QED) is 0.338. The zero-order valence-corrected chi connectivity index (χ0v) is 22.7. The minimum Gasteiger partial charge on any atom is -0.412 e. The molecule has 2 amide bonds. The molecule has 2 fully saturated rings. The number of rotatable bonds is 5. The number of carbonyl (C=O) groups is 3. The minimum absolute atomic E-state index is 0. The van der Waals surface area contributed by atoms with E-state index in [9.17, 15) is 14.4 Å². The molecule has 1 saturated heterocycles. The van der Waals surface area contributed by atoms with Crippen LogP contribution in [-0.4, -0.2) is 34.5 Å². The topological polar surface area (TPSA) is 89.2 Å². The zero-order chi connectivity index (χ0) is 27.3. The number of para-hydroxylation sites is 1. The third kappa shape index (κ3) is 3.93. The second-order valence-corrected chi connectivity index (χ2v) is 11.3. The van der Waals surface area contributed by atoms with Gasteiger partial charge in [0, 0.05) is 24.7 Å². The number of hydrogen-bond donors (Lipinski definition) is 0. The fourth-order valence-electron chi connectivity index (χ4n) is 7.61. The highest BCUT2D eigenvalue weighted by Gasteiger charge is 2.71. The Kier molecular flexibility index (Phi) is 6.59. The van der Waals surface area contributed by atoms with Gasteiger partial charge < -0.3 is 15.3 Å². The largest absolute Gasteiger partial charge is 0.412 e. The van der Waals surface area contributed by atoms with Gasteiger partial charge in [0.1, 0.15) is 0 Å². The smallest absolute Gasteiger partial charge is 0.290 e. The second kappa shape index (κ2) is 10.1. The SMILES string of the molecule is O.O=C1C(=O)[C@]2(CC[C@]3(C(=O)N(Cc4ccccc4)c4ccccc43)[C@@H]2c2ccccc2)CN1Cc1ccccc1. The number of ketones is 1. The molecule has 4 aromatic carbocycles. The first kappa shape index (κ1) is 26.7. The fraction of sp³-hybridized carbons (Fsp3) is 0.229. The van der Waals surface area contributed by atoms with Crippen LogP contribution in [0.3, 0.4) is 0 Å². The molecule has 2 N–H and O–H groups in total. The lowest BCUT2D eigenvalue weighted by Crippen LogP contribution is -2.47. The molecule has 2 spiro atoms. The Hall–Kier alpha value is -4.55. The van der Waals surface area contributed by atoms with Crippen molar-refractivity contribution in [3.05, 3.63) is 138 Å². The highest BCUT2D eigenvalue weighted by molar-refractivity contribution is 6.40. The predicted molar refractivity (Wildman–Crippen MR) is 157 cm³/mol. The average molecular weight is 545 g/mol. The molecule has 41 heavy (non-hydrogen) atoms. The Morgan fingerprint density at radius 1 is 0.659 bits per heavy atom. The average Bonchev–Trinajstić information content (AvgIpc) is 3.55. The van der Waals surface area contributed by atoms with Crippen molar-refractivity contribution in [1.82, 2.24) is 4.90 Å². The van der Waals surface area contributed by atoms with Gasteiger partial charge in [-0.05, 0) is 41.2 Å². The highest BCUT2D eigenvalue weighted by Crippen LogP contribution is 2.66. The van der Waals surface area contributed by atoms with Crippen LogP contribution in [0.1, 0.15) is 41.0 Å². The van der Waals surface area contributed by atoms with Gasteiger partial charge in [-0.15, -0.1) is 0 Å². The maximum atomic E-state index is 14.8. The summed E-state index contributed by atoms with van der Waals surface area (Å²) in [4.78, 5) is 46.1. The molecular weight excluding hydrogens is 512 g/mol. The molecule has 2 heterocycles. The van der Waals surface area contributed by atoms with Crippen LogP contribution in [0.5, 0.6) is 0 Å². The van der Waals surface area contributed by atoms with E-state index >= 15 is 0 Å². The number of benzene rings is 4. The molecule has 0 radical (unpaired) electrons. The van der Waals surface area contributed by atoms with Crippen molar-refractivity contribution in [3.8, 4) is 0 Å². The summed E-state index contributed by atoms with van der Waals surface area (Å²) >= 11 is 0. The van der Waals surface area contributed by atoms with Crippen molar-refractivity contribution in [2.75, 3.05) is 11.4 Å². The summed E-state index contributed by atoms with van der Waals surface area (Å²) in [6, 6.07) is 37.7. The molecule has 206 valence electrons. The number of hydrogen-bond acceptors (Lipinski definition) is 3. The van der Waals surface area contributed by atoms with Crippen LogP contribution < -0.4 is 4.90 Å². The molecule has 1 saturated carbocycles. The van der Waals surface area contributed by atoms with E-state index in [0.717, 1.165) is 27.9 Å². The number of Topliss-reactive ketones (excluding diaryl/α,β-unsaturated/α-hetero) is 1. The highest BCUT2D eigenvalue weighted by atomic mass is 16.2. The van der Waals surface area contributed by atoms with Gasteiger partial charge in [-0.1, -0.05) is 109 Å². The third-order valence-corrected chi connectivity index (χ3v) is 9.25. The maximum absolute atomic E-state index is 14.8. The number of amides is 2. The van der Waals surface area contributed by atoms with E-state index in [4.69, 9.17) is 0 Å². The van der Waals surface area contributed by atoms with Crippen LogP contribution in [0.15, 0.2) is 115 Å². The summed E-state index contributed by atoms with van der Waals surface area (Å²) in [6.45, 7) is 1.15. The summed E-state index contributed by atoms with van der Waals surface area (Å²) in [5, 5.41) is 0. The first-order valence-electron chi connectivity index (χ1n) is 13.9. The van der Waals surface area contributed by atoms with E-state index in [1.165, 1.54) is 0 Å². The summed E-state index contributed by atoms with van der Waals surface area (Å²) in [5.74, 6) is -1.24. The fourth-order valence-corrected chi connectivity index (χ4v) is 7.61. The van der Waals surface area contributed by atoms with Crippen LogP contribution in [0.4, 0.5) is 5.69 Å². The van der Waals surface area contributed by atoms with Gasteiger partial charge >= 0.3 is 0 Å². The van der Waals surface area contributed by atoms with Crippen LogP contribution in [0.25, 0.3) is 0 Å². The zero-order valence-electron chi connectivity index (χ0n) is 22.7. The van der Waals surface area contributed by atoms with E-state index in [0.29, 0.717) is 32.5 Å². The molecular formula is C35H32N2O4. The van der Waals surface area contributed by atoms with Crippen molar-refractivity contribution in [2.24, 2.45) is 5.41 Å². The van der Waals surface area contributed by atoms with E-state index in [2.05, 4.69) is 6.07 Å². The summed E-state index contributed by atoms with van der Waals surface area (Å²) in [5.41, 5.74) is 2.93. The van der Waals surface area contributed by atoms with Crippen molar-refractivity contribution in [3.63, 3.8) is 0 Å². The molecule has 6 heteroatoms. The van der Waals surface area contributed by atoms with Gasteiger partial charge in [0.2, 0.25) is 11.7 Å². The number of nitrogens with zero attached hydrogens (tertiary/aromatic N) is 2. The molecule has 7 rings (SSSR count). The number of anilines is 1. The Morgan fingerprint density at radius 2 is 1.22 bits per heavy atom. The Labute approximate surface area is 239 Å². The van der Waals surface area contributed by atoms with Crippen LogP contribution in [-0.2, 0) is 32.9 Å². The summed E-state index contributed by atoms with van der Waals surface area (Å²) in [6.07, 6.45) is 1.01. The Balaban J connectivity index is 0.00000302. The van der Waals surface area contributed by atoms with Crippen molar-refractivity contribution in [2.45, 2.75) is 37.3 Å². The molecule has 1 aliphatic carbocycles. The van der Waals surface area contributed by atoms with E-state index in [1.807, 2.05) is 114 Å². The third-order valence-electron chi connectivity index (χ3n) is 9.25. The van der Waals surface area contributed by atoms with Gasteiger partial charge in [-0.2, -0.15) is 0 Å². The van der Waals surface area contributed by atoms with Gasteiger partial charge in [0.05, 0.1) is 17.4 Å². The Morgan fingerprint density at radius 3 is 1.88 bits per heavy atom. The number of carbonyl (C=O) groups excluding carboxylic acids is 3. The van der Waals surface area contributed by atoms with E-state index < -0.39 is 22.7 Å². The van der Waals surface area contributed by atoms with E-state index in [1.54, 1.807) is 4.90 Å². The van der Waals surface area contributed by atoms with Gasteiger partial charge in [0.25, 0.3) is 5.91 Å². The van der Waals surface area contributed by atoms with Crippen molar-refractivity contribution < 1.29 is 19.9 Å². The number of fused-ring (bicyclic) bond motifs is 2. The van der Waals surface area contributed by atoms with Crippen LogP contribution in [0, 0.1) is 5.41 Å². The molecule has 3 atom stereocenters. The molecule has 6 nitrogen and oxygen atoms in total. The molecule has 3 aliphatic rings. The molecule has 4 aromatic rings. The molecule has 0 unspecified atom stereocenters. The van der Waals surface area contributed by atoms with Crippen molar-refractivity contribution >= 4 is 23.3 Å². The van der Waals surface area contributed by atoms with Crippen LogP contribution in [0.2, 0.25) is 0 Å². The van der Waals surface area contributed by atoms with Crippen LogP contribution >= 0.6 is 0 Å². The standard InChI is InChI=1S/C35H30N2O3.H2O/c38-31-32(39)36(22-25-12-4-1-5-13-25)24-34(31)20-21-35(30(34)27-16-8-3-9-17-27)28-18-10-11-19-29(28)37(33(35)40)23-26-14-6-2-7-15-26;/h1-19,30H,20-24H2;1H2/t30-,34-,35-;/m1./s1. The maximum Gasteiger partial charge on any atom is 0.290 e. The monoisotopic (exact) mass is 544 g/mol. The normalized spacial score (nSPS) is 24.8. The lowest BCUT2D eigenvalue weighted by molar-refractivity contribution is -0.143. The van der Waals surface area contributed by atoms with Gasteiger partial charge in [-0.25, -0.2) is 0 Å². The van der Waals surface area contributed by atoms with Crippen molar-refractivity contribution in [1.29, 1.82) is 0 Å². The Bertz CT molecular complexity index is 1610. The second-order valence-electron chi connectivity index (χ2n) is 11.3. The number of likely N-dealkylation sites (tertiary alicyclic amines) is 1. The first-order valence-corrected chi connectivity index (χ1v) is 13.9. The minimum atomic E-state index is -0.973. The van der Waals surface area contributed by atoms with E-state index in [-0.39, 0.29) is 17.2 Å². The summed E-state index contributed by atoms with van der Waals surface area (Å²) in [7, 11) is 0. The summed E-state index contributed by atoms with van der Waals surface area (Å²) < 4.78 is 0. The first-order chi connectivity index (χ1) is 19.5. The lowest BCUT2D eigenvalue weighted by Gasteiger charge is -2.38. The van der Waals surface area contributed by atoms with Gasteiger partial charge in [0.15, 0.2) is 0 Å². The lowest BCUT2D eigenvalue weighted by atomic mass is 9.62. The molecule has 2 aliphatic heterocycles. The molecule has 0 aromatic heterocycles. The molecule has 0 bridgehead atoms. The van der Waals surface area contributed by atoms with Gasteiger partial charge in [-0.3, -0.25) is 14.4 Å². The predicted octanol–water partition coefficient (Wildman–Crippen LogP) is 4.82.